The lowest BCUT2D eigenvalue weighted by Crippen LogP contribution is -2.16. The van der Waals surface area contributed by atoms with Crippen molar-refractivity contribution < 1.29 is 0 Å². The maximum Gasteiger partial charge on any atom is 0.0940 e. The minimum absolute atomic E-state index is 0.723. The summed E-state index contributed by atoms with van der Waals surface area (Å²) in [6.07, 6.45) is 2.18. The first-order valence-electron chi connectivity index (χ1n) is 7.33. The van der Waals surface area contributed by atoms with Crippen LogP contribution in [0.5, 0.6) is 0 Å². The fraction of sp³-hybridized carbons (Fsp3) is 0.471. The van der Waals surface area contributed by atoms with Crippen LogP contribution >= 0.6 is 11.3 Å². The lowest BCUT2D eigenvalue weighted by molar-refractivity contribution is 0.646. The Balaban J connectivity index is 1.71. The van der Waals surface area contributed by atoms with E-state index >= 15 is 0 Å². The lowest BCUT2D eigenvalue weighted by Gasteiger charge is -2.07. The van der Waals surface area contributed by atoms with Gasteiger partial charge in [0.25, 0.3) is 0 Å². The molecule has 0 radical (unpaired) electrons. The number of benzene rings is 1. The molecular formula is C17H24N2S. The van der Waals surface area contributed by atoms with Crippen molar-refractivity contribution >= 4 is 11.3 Å². The number of aromatic nitrogens is 1. The molecule has 3 heteroatoms. The largest absolute Gasteiger partial charge is 0.312 e. The van der Waals surface area contributed by atoms with Crippen LogP contribution in [0.2, 0.25) is 0 Å². The molecule has 1 heterocycles. The van der Waals surface area contributed by atoms with Crippen LogP contribution in [-0.2, 0) is 19.4 Å². The number of thiazole rings is 1. The average molecular weight is 288 g/mol. The zero-order valence-corrected chi connectivity index (χ0v) is 13.5. The van der Waals surface area contributed by atoms with Crippen LogP contribution in [0.1, 0.15) is 35.7 Å². The molecule has 2 aromatic rings. The molecule has 0 atom stereocenters. The maximum absolute atomic E-state index is 4.47. The van der Waals surface area contributed by atoms with Gasteiger partial charge in [-0.05, 0) is 30.4 Å². The van der Waals surface area contributed by atoms with Crippen molar-refractivity contribution in [3.05, 3.63) is 51.5 Å². The highest BCUT2D eigenvalue weighted by Crippen LogP contribution is 2.10. The normalized spacial score (nSPS) is 11.2. The van der Waals surface area contributed by atoms with Gasteiger partial charge in [-0.25, -0.2) is 4.98 Å². The van der Waals surface area contributed by atoms with Gasteiger partial charge in [-0.3, -0.25) is 0 Å². The molecule has 1 N–H and O–H groups in total. The van der Waals surface area contributed by atoms with E-state index in [2.05, 4.69) is 53.8 Å². The highest BCUT2D eigenvalue weighted by atomic mass is 32.1. The van der Waals surface area contributed by atoms with Crippen molar-refractivity contribution in [1.29, 1.82) is 0 Å². The van der Waals surface area contributed by atoms with Gasteiger partial charge in [0, 0.05) is 30.6 Å². The molecule has 0 fully saturated rings. The van der Waals surface area contributed by atoms with E-state index in [1.807, 2.05) is 6.92 Å². The smallest absolute Gasteiger partial charge is 0.0940 e. The third-order valence-corrected chi connectivity index (χ3v) is 4.20. The van der Waals surface area contributed by atoms with Crippen LogP contribution in [0.4, 0.5) is 0 Å². The molecule has 0 amide bonds. The SMILES string of the molecule is Cc1csc(CCNCc2ccc(CC(C)C)cc2)n1. The summed E-state index contributed by atoms with van der Waals surface area (Å²) in [6.45, 7) is 8.49. The Hall–Kier alpha value is -1.19. The average Bonchev–Trinajstić information content (AvgIpc) is 2.82. The molecule has 0 aliphatic heterocycles. The topological polar surface area (TPSA) is 24.9 Å². The second kappa shape index (κ2) is 7.55. The quantitative estimate of drug-likeness (QED) is 0.779. The molecular weight excluding hydrogens is 264 g/mol. The molecule has 108 valence electrons. The second-order valence-electron chi connectivity index (χ2n) is 5.72. The molecule has 0 aliphatic carbocycles. The number of hydrogen-bond acceptors (Lipinski definition) is 3. The van der Waals surface area contributed by atoms with Gasteiger partial charge in [-0.1, -0.05) is 38.1 Å². The first-order chi connectivity index (χ1) is 9.63. The fourth-order valence-electron chi connectivity index (χ4n) is 2.21. The summed E-state index contributed by atoms with van der Waals surface area (Å²) in [5, 5.41) is 6.82. The van der Waals surface area contributed by atoms with Gasteiger partial charge in [0.15, 0.2) is 0 Å². The van der Waals surface area contributed by atoms with Crippen LogP contribution in [0.25, 0.3) is 0 Å². The van der Waals surface area contributed by atoms with E-state index in [0.717, 1.165) is 37.5 Å². The molecule has 20 heavy (non-hydrogen) atoms. The van der Waals surface area contributed by atoms with Crippen LogP contribution in [-0.4, -0.2) is 11.5 Å². The molecule has 0 bridgehead atoms. The molecule has 1 aromatic heterocycles. The highest BCUT2D eigenvalue weighted by Gasteiger charge is 2.00. The third-order valence-electron chi connectivity index (χ3n) is 3.18. The number of aryl methyl sites for hydroxylation is 1. The fourth-order valence-corrected chi connectivity index (χ4v) is 2.99. The molecule has 0 unspecified atom stereocenters. The Morgan fingerprint density at radius 2 is 1.85 bits per heavy atom. The highest BCUT2D eigenvalue weighted by molar-refractivity contribution is 7.09. The van der Waals surface area contributed by atoms with Gasteiger partial charge in [0.2, 0.25) is 0 Å². The van der Waals surface area contributed by atoms with Crippen LogP contribution < -0.4 is 5.32 Å². The number of nitrogens with one attached hydrogen (secondary N) is 1. The van der Waals surface area contributed by atoms with E-state index in [9.17, 15) is 0 Å². The lowest BCUT2D eigenvalue weighted by atomic mass is 10.0. The van der Waals surface area contributed by atoms with Crippen molar-refractivity contribution in [2.45, 2.75) is 40.2 Å². The van der Waals surface area contributed by atoms with Gasteiger partial charge >= 0.3 is 0 Å². The van der Waals surface area contributed by atoms with Crippen LogP contribution in [0.15, 0.2) is 29.6 Å². The number of rotatable bonds is 7. The van der Waals surface area contributed by atoms with Crippen LogP contribution in [0, 0.1) is 12.8 Å². The van der Waals surface area contributed by atoms with Gasteiger partial charge in [0.05, 0.1) is 5.01 Å². The van der Waals surface area contributed by atoms with E-state index in [4.69, 9.17) is 0 Å². The van der Waals surface area contributed by atoms with E-state index in [0.29, 0.717) is 0 Å². The van der Waals surface area contributed by atoms with E-state index < -0.39 is 0 Å². The van der Waals surface area contributed by atoms with Crippen LogP contribution in [0.3, 0.4) is 0 Å². The number of hydrogen-bond donors (Lipinski definition) is 1. The summed E-state index contributed by atoms with van der Waals surface area (Å²) in [4.78, 5) is 4.47. The van der Waals surface area contributed by atoms with Gasteiger partial charge < -0.3 is 5.32 Å². The monoisotopic (exact) mass is 288 g/mol. The van der Waals surface area contributed by atoms with Gasteiger partial charge in [-0.15, -0.1) is 11.3 Å². The minimum Gasteiger partial charge on any atom is -0.312 e. The Kier molecular flexibility index (Phi) is 5.74. The molecule has 1 aromatic carbocycles. The Morgan fingerprint density at radius 3 is 2.45 bits per heavy atom. The molecule has 2 rings (SSSR count). The minimum atomic E-state index is 0.723. The predicted octanol–water partition coefficient (Wildman–Crippen LogP) is 3.98. The van der Waals surface area contributed by atoms with Gasteiger partial charge in [-0.2, -0.15) is 0 Å². The predicted molar refractivity (Wildman–Crippen MR) is 87.2 cm³/mol. The Morgan fingerprint density at radius 1 is 1.15 bits per heavy atom. The molecule has 0 saturated heterocycles. The van der Waals surface area contributed by atoms with Crippen molar-refractivity contribution in [2.24, 2.45) is 5.92 Å². The first kappa shape index (κ1) is 15.2. The first-order valence-corrected chi connectivity index (χ1v) is 8.21. The maximum atomic E-state index is 4.47. The Bertz CT molecular complexity index is 514. The van der Waals surface area contributed by atoms with E-state index in [-0.39, 0.29) is 0 Å². The zero-order valence-electron chi connectivity index (χ0n) is 12.6. The standard InChI is InChI=1S/C17H24N2S/c1-13(2)10-15-4-6-16(7-5-15)11-18-9-8-17-19-14(3)12-20-17/h4-7,12-13,18H,8-11H2,1-3H3. The Labute approximate surface area is 126 Å². The van der Waals surface area contributed by atoms with Crippen molar-refractivity contribution in [2.75, 3.05) is 6.54 Å². The molecule has 0 spiro atoms. The van der Waals surface area contributed by atoms with E-state index in [1.54, 1.807) is 11.3 Å². The number of nitrogens with zero attached hydrogens (tertiary/aromatic N) is 1. The van der Waals surface area contributed by atoms with Crippen molar-refractivity contribution in [3.8, 4) is 0 Å². The summed E-state index contributed by atoms with van der Waals surface area (Å²) in [6, 6.07) is 8.97. The molecule has 0 aliphatic rings. The van der Waals surface area contributed by atoms with E-state index in [1.165, 1.54) is 16.1 Å². The molecule has 2 nitrogen and oxygen atoms in total. The molecule has 0 saturated carbocycles. The summed E-state index contributed by atoms with van der Waals surface area (Å²) in [5.74, 6) is 0.723. The summed E-state index contributed by atoms with van der Waals surface area (Å²) in [5.41, 5.74) is 3.92. The summed E-state index contributed by atoms with van der Waals surface area (Å²) in [7, 11) is 0. The summed E-state index contributed by atoms with van der Waals surface area (Å²) < 4.78 is 0. The van der Waals surface area contributed by atoms with Gasteiger partial charge in [0.1, 0.15) is 0 Å². The van der Waals surface area contributed by atoms with Crippen molar-refractivity contribution in [3.63, 3.8) is 0 Å². The zero-order chi connectivity index (χ0) is 14.4. The summed E-state index contributed by atoms with van der Waals surface area (Å²) >= 11 is 1.75. The third kappa shape index (κ3) is 5.06. The van der Waals surface area contributed by atoms with Crippen molar-refractivity contribution in [1.82, 2.24) is 10.3 Å². The second-order valence-corrected chi connectivity index (χ2v) is 6.67.